The fourth-order valence-electron chi connectivity index (χ4n) is 3.60. The number of carbonyl (C=O) groups is 1. The topological polar surface area (TPSA) is 55.1 Å². The lowest BCUT2D eigenvalue weighted by Crippen LogP contribution is -2.52. The Morgan fingerprint density at radius 3 is 2.40 bits per heavy atom. The van der Waals surface area contributed by atoms with Gasteiger partial charge in [0, 0.05) is 11.3 Å². The Morgan fingerprint density at radius 1 is 1.20 bits per heavy atom. The molecule has 2 rings (SSSR count). The lowest BCUT2D eigenvalue weighted by atomic mass is 9.79. The van der Waals surface area contributed by atoms with Crippen molar-refractivity contribution in [2.45, 2.75) is 69.1 Å². The Kier molecular flexibility index (Phi) is 5.73. The van der Waals surface area contributed by atoms with Gasteiger partial charge in [0.15, 0.2) is 0 Å². The van der Waals surface area contributed by atoms with E-state index in [2.05, 4.69) is 11.6 Å². The van der Waals surface area contributed by atoms with E-state index < -0.39 is 5.41 Å². The zero-order valence-corrected chi connectivity index (χ0v) is 14.0. The molecule has 2 aliphatic carbocycles. The van der Waals surface area contributed by atoms with Crippen LogP contribution in [-0.4, -0.2) is 28.4 Å². The first-order chi connectivity index (χ1) is 9.60. The van der Waals surface area contributed by atoms with Gasteiger partial charge >= 0.3 is 0 Å². The maximum absolute atomic E-state index is 12.8. The molecule has 0 bridgehead atoms. The fourth-order valence-corrected chi connectivity index (χ4v) is 4.83. The van der Waals surface area contributed by atoms with Gasteiger partial charge in [0.05, 0.1) is 10.4 Å². The van der Waals surface area contributed by atoms with E-state index in [-0.39, 0.29) is 5.91 Å². The summed E-state index contributed by atoms with van der Waals surface area (Å²) in [7, 11) is 0. The van der Waals surface area contributed by atoms with Crippen LogP contribution in [-0.2, 0) is 4.79 Å². The summed E-state index contributed by atoms with van der Waals surface area (Å²) >= 11 is 7.14. The molecular weight excluding hydrogens is 288 g/mol. The van der Waals surface area contributed by atoms with Crippen LogP contribution >= 0.6 is 24.0 Å². The maximum atomic E-state index is 12.8. The Hall–Kier alpha value is -0.290. The van der Waals surface area contributed by atoms with E-state index in [1.807, 2.05) is 11.8 Å². The van der Waals surface area contributed by atoms with Crippen LogP contribution in [0.15, 0.2) is 0 Å². The number of nitrogens with one attached hydrogen (secondary N) is 1. The molecule has 3 nitrogen and oxygen atoms in total. The molecule has 0 aromatic carbocycles. The second-order valence-corrected chi connectivity index (χ2v) is 7.66. The minimum atomic E-state index is -0.586. The Balaban J connectivity index is 2.08. The van der Waals surface area contributed by atoms with E-state index in [9.17, 15) is 4.79 Å². The molecule has 2 saturated carbocycles. The minimum Gasteiger partial charge on any atom is -0.392 e. The molecule has 0 aromatic rings. The first-order valence-corrected chi connectivity index (χ1v) is 9.43. The summed E-state index contributed by atoms with van der Waals surface area (Å²) in [6.45, 7) is 0. The second kappa shape index (κ2) is 7.12. The first kappa shape index (κ1) is 16.1. The average Bonchev–Trinajstić information content (AvgIpc) is 2.72. The van der Waals surface area contributed by atoms with Crippen molar-refractivity contribution in [2.75, 3.05) is 6.26 Å². The van der Waals surface area contributed by atoms with Gasteiger partial charge in [-0.2, -0.15) is 11.8 Å². The number of hydrogen-bond donors (Lipinski definition) is 2. The molecule has 0 aromatic heterocycles. The smallest absolute Gasteiger partial charge is 0.233 e. The molecular formula is C15H26N2OS2. The monoisotopic (exact) mass is 314 g/mol. The third-order valence-corrected chi connectivity index (χ3v) is 6.50. The van der Waals surface area contributed by atoms with E-state index in [1.165, 1.54) is 25.7 Å². The molecule has 114 valence electrons. The molecule has 0 spiro atoms. The van der Waals surface area contributed by atoms with Crippen molar-refractivity contribution >= 4 is 34.9 Å². The standard InChI is InChI=1S/C15H26N2OS2/c1-20-12-8-6-7-11(12)17-14(18)15(13(16)19)9-4-2-3-5-10-15/h11-12H,2-10H2,1H3,(H2,16,19)(H,17,18). The number of nitrogens with two attached hydrogens (primary N) is 1. The Labute approximate surface area is 131 Å². The van der Waals surface area contributed by atoms with Crippen LogP contribution in [0.5, 0.6) is 0 Å². The van der Waals surface area contributed by atoms with E-state index in [4.69, 9.17) is 18.0 Å². The maximum Gasteiger partial charge on any atom is 0.233 e. The Morgan fingerprint density at radius 2 is 1.85 bits per heavy atom. The van der Waals surface area contributed by atoms with Crippen molar-refractivity contribution in [1.82, 2.24) is 5.32 Å². The molecule has 0 aliphatic heterocycles. The molecule has 0 saturated heterocycles. The van der Waals surface area contributed by atoms with Crippen LogP contribution in [0.4, 0.5) is 0 Å². The molecule has 5 heteroatoms. The van der Waals surface area contributed by atoms with E-state index >= 15 is 0 Å². The molecule has 1 amide bonds. The molecule has 2 aliphatic rings. The first-order valence-electron chi connectivity index (χ1n) is 7.74. The zero-order chi connectivity index (χ0) is 14.6. The summed E-state index contributed by atoms with van der Waals surface area (Å²) in [5.74, 6) is 0.0952. The van der Waals surface area contributed by atoms with Gasteiger partial charge in [-0.3, -0.25) is 4.79 Å². The molecule has 2 unspecified atom stereocenters. The number of thioether (sulfide) groups is 1. The number of amides is 1. The summed E-state index contributed by atoms with van der Waals surface area (Å²) in [4.78, 5) is 13.2. The largest absolute Gasteiger partial charge is 0.392 e. The quantitative estimate of drug-likeness (QED) is 0.619. The molecule has 3 N–H and O–H groups in total. The molecule has 2 atom stereocenters. The molecule has 0 radical (unpaired) electrons. The van der Waals surface area contributed by atoms with Gasteiger partial charge in [-0.15, -0.1) is 0 Å². The summed E-state index contributed by atoms with van der Waals surface area (Å²) in [5.41, 5.74) is 5.39. The van der Waals surface area contributed by atoms with Crippen LogP contribution in [0, 0.1) is 5.41 Å². The van der Waals surface area contributed by atoms with Crippen molar-refractivity contribution in [3.8, 4) is 0 Å². The van der Waals surface area contributed by atoms with E-state index in [1.54, 1.807) is 0 Å². The van der Waals surface area contributed by atoms with Gasteiger partial charge < -0.3 is 11.1 Å². The number of hydrogen-bond acceptors (Lipinski definition) is 3. The normalized spacial score (nSPS) is 29.6. The van der Waals surface area contributed by atoms with E-state index in [0.29, 0.717) is 16.3 Å². The lowest BCUT2D eigenvalue weighted by Gasteiger charge is -2.32. The van der Waals surface area contributed by atoms with Crippen molar-refractivity contribution in [1.29, 1.82) is 0 Å². The van der Waals surface area contributed by atoms with Gasteiger partial charge in [-0.1, -0.05) is 44.3 Å². The van der Waals surface area contributed by atoms with Crippen molar-refractivity contribution in [3.05, 3.63) is 0 Å². The third-order valence-electron chi connectivity index (χ3n) is 4.94. The summed E-state index contributed by atoms with van der Waals surface area (Å²) < 4.78 is 0. The predicted molar refractivity (Wildman–Crippen MR) is 90.0 cm³/mol. The molecule has 0 heterocycles. The highest BCUT2D eigenvalue weighted by molar-refractivity contribution is 7.99. The highest BCUT2D eigenvalue weighted by atomic mass is 32.2. The van der Waals surface area contributed by atoms with Crippen molar-refractivity contribution < 1.29 is 4.79 Å². The highest BCUT2D eigenvalue weighted by Crippen LogP contribution is 2.37. The van der Waals surface area contributed by atoms with E-state index in [0.717, 1.165) is 32.1 Å². The van der Waals surface area contributed by atoms with Gasteiger partial charge in [-0.05, 0) is 31.9 Å². The van der Waals surface area contributed by atoms with Gasteiger partial charge in [0.25, 0.3) is 0 Å². The van der Waals surface area contributed by atoms with Gasteiger partial charge in [0.2, 0.25) is 5.91 Å². The zero-order valence-electron chi connectivity index (χ0n) is 12.3. The SMILES string of the molecule is CSC1CCCC1NC(=O)C1(C(N)=S)CCCCCC1. The molecule has 2 fully saturated rings. The number of thiocarbonyl (C=S) groups is 1. The van der Waals surface area contributed by atoms with Crippen LogP contribution in [0.1, 0.15) is 57.8 Å². The fraction of sp³-hybridized carbons (Fsp3) is 0.867. The molecule has 20 heavy (non-hydrogen) atoms. The van der Waals surface area contributed by atoms with Gasteiger partial charge in [-0.25, -0.2) is 0 Å². The Bertz CT molecular complexity index is 365. The van der Waals surface area contributed by atoms with Crippen LogP contribution < -0.4 is 11.1 Å². The highest BCUT2D eigenvalue weighted by Gasteiger charge is 2.43. The lowest BCUT2D eigenvalue weighted by molar-refractivity contribution is -0.128. The summed E-state index contributed by atoms with van der Waals surface area (Å²) in [5, 5.41) is 3.82. The van der Waals surface area contributed by atoms with Crippen LogP contribution in [0.2, 0.25) is 0 Å². The predicted octanol–water partition coefficient (Wildman–Crippen LogP) is 3.01. The third kappa shape index (κ3) is 3.30. The second-order valence-electron chi connectivity index (χ2n) is 6.15. The summed E-state index contributed by atoms with van der Waals surface area (Å²) in [6, 6.07) is 0.298. The number of rotatable bonds is 4. The van der Waals surface area contributed by atoms with Crippen LogP contribution in [0.25, 0.3) is 0 Å². The number of carbonyl (C=O) groups excluding carboxylic acids is 1. The summed E-state index contributed by atoms with van der Waals surface area (Å²) in [6.07, 6.45) is 11.8. The minimum absolute atomic E-state index is 0.0952. The van der Waals surface area contributed by atoms with Gasteiger partial charge in [0.1, 0.15) is 0 Å². The van der Waals surface area contributed by atoms with Crippen LogP contribution in [0.3, 0.4) is 0 Å². The van der Waals surface area contributed by atoms with Crippen molar-refractivity contribution in [3.63, 3.8) is 0 Å². The van der Waals surface area contributed by atoms with Crippen molar-refractivity contribution in [2.24, 2.45) is 11.1 Å². The average molecular weight is 315 g/mol.